The highest BCUT2D eigenvalue weighted by molar-refractivity contribution is 5.76. The summed E-state index contributed by atoms with van der Waals surface area (Å²) in [4.78, 5) is 19.3. The number of nitrogens with zero attached hydrogens (tertiary/aromatic N) is 2. The van der Waals surface area contributed by atoms with E-state index in [-0.39, 0.29) is 18.8 Å². The van der Waals surface area contributed by atoms with Crippen LogP contribution in [0.1, 0.15) is 73.5 Å². The number of pyridine rings is 1. The summed E-state index contributed by atoms with van der Waals surface area (Å²) in [5.74, 6) is -0.386. The van der Waals surface area contributed by atoms with Gasteiger partial charge in [-0.05, 0) is 92.8 Å². The van der Waals surface area contributed by atoms with Crippen molar-refractivity contribution in [3.8, 4) is 0 Å². The van der Waals surface area contributed by atoms with E-state index in [0.29, 0.717) is 37.2 Å². The van der Waals surface area contributed by atoms with Crippen molar-refractivity contribution in [3.63, 3.8) is 0 Å². The Morgan fingerprint density at radius 2 is 2.15 bits per heavy atom. The number of aliphatic carboxylic acids is 1. The zero-order valence-electron chi connectivity index (χ0n) is 23.9. The van der Waals surface area contributed by atoms with Gasteiger partial charge in [-0.25, -0.2) is 9.37 Å². The van der Waals surface area contributed by atoms with Crippen molar-refractivity contribution in [1.82, 2.24) is 9.88 Å². The molecule has 2 aromatic rings. The van der Waals surface area contributed by atoms with Gasteiger partial charge < -0.3 is 24.6 Å². The summed E-state index contributed by atoms with van der Waals surface area (Å²) in [6.45, 7) is 6.83. The van der Waals surface area contributed by atoms with Crippen LogP contribution in [-0.2, 0) is 44.9 Å². The first-order valence-corrected chi connectivity index (χ1v) is 14.5. The monoisotopic (exact) mass is 555 g/mol. The number of aromatic nitrogens is 1. The molecule has 3 aliphatic rings. The number of aryl methyl sites for hydroxylation is 2. The lowest BCUT2D eigenvalue weighted by Gasteiger charge is -2.38. The number of methoxy groups -OCH3 is 1. The standard InChI is InChI=1S/C31H42FN3O5/c1-31(2,38-3)27-17-25-21(19-40-27)15-22(32)16-26(25)28(30(36)37)35-13-11-24(18-35)39-14-5-4-8-23-10-9-20-7-6-12-33-29(20)34-23/h9-10,15-16,24,27-28H,4-8,11-14,17-19H2,1-3H3,(H,33,34)(H,36,37)/t24-,27?,28?/m1/s1. The Morgan fingerprint density at radius 3 is 2.95 bits per heavy atom. The van der Waals surface area contributed by atoms with Crippen LogP contribution in [0.2, 0.25) is 0 Å². The fourth-order valence-corrected chi connectivity index (χ4v) is 6.13. The number of halogens is 1. The summed E-state index contributed by atoms with van der Waals surface area (Å²) in [6.07, 6.45) is 5.98. The van der Waals surface area contributed by atoms with Gasteiger partial charge in [0.25, 0.3) is 0 Å². The Hall–Kier alpha value is -2.59. The van der Waals surface area contributed by atoms with E-state index >= 15 is 0 Å². The summed E-state index contributed by atoms with van der Waals surface area (Å²) < 4.78 is 32.4. The third-order valence-corrected chi connectivity index (χ3v) is 8.68. The highest BCUT2D eigenvalue weighted by Crippen LogP contribution is 2.36. The molecule has 0 spiro atoms. The molecule has 1 aromatic heterocycles. The zero-order valence-corrected chi connectivity index (χ0v) is 23.9. The van der Waals surface area contributed by atoms with E-state index in [4.69, 9.17) is 19.2 Å². The SMILES string of the molecule is COC(C)(C)C1Cc2c(cc(F)cc2C(C(=O)O)N2CC[C@@H](OCCCCc3ccc4c(n3)NCCC4)C2)CO1. The highest BCUT2D eigenvalue weighted by Gasteiger charge is 2.40. The first-order chi connectivity index (χ1) is 19.2. The Kier molecular flexibility index (Phi) is 9.05. The molecule has 9 heteroatoms. The number of carbonyl (C=O) groups is 1. The number of nitrogens with one attached hydrogen (secondary N) is 1. The Balaban J connectivity index is 1.17. The number of carboxylic acid groups (broad SMARTS) is 1. The molecule has 2 unspecified atom stereocenters. The Bertz CT molecular complexity index is 1210. The zero-order chi connectivity index (χ0) is 28.3. The molecule has 40 heavy (non-hydrogen) atoms. The fourth-order valence-electron chi connectivity index (χ4n) is 6.13. The van der Waals surface area contributed by atoms with Gasteiger partial charge in [0.15, 0.2) is 0 Å². The van der Waals surface area contributed by atoms with Crippen LogP contribution < -0.4 is 5.32 Å². The van der Waals surface area contributed by atoms with Gasteiger partial charge in [-0.1, -0.05) is 6.07 Å². The maximum Gasteiger partial charge on any atom is 0.325 e. The maximum absolute atomic E-state index is 14.7. The fraction of sp³-hybridized carbons (Fsp3) is 0.613. The lowest BCUT2D eigenvalue weighted by molar-refractivity contribution is -0.143. The van der Waals surface area contributed by atoms with Gasteiger partial charge in [0.1, 0.15) is 17.7 Å². The van der Waals surface area contributed by atoms with E-state index < -0.39 is 23.4 Å². The topological polar surface area (TPSA) is 93.2 Å². The molecule has 0 aliphatic carbocycles. The van der Waals surface area contributed by atoms with Crippen molar-refractivity contribution < 1.29 is 28.5 Å². The molecule has 3 aliphatic heterocycles. The number of benzene rings is 1. The van der Waals surface area contributed by atoms with Gasteiger partial charge in [-0.2, -0.15) is 0 Å². The van der Waals surface area contributed by atoms with Crippen LogP contribution in [0.15, 0.2) is 24.3 Å². The largest absolute Gasteiger partial charge is 0.480 e. The van der Waals surface area contributed by atoms with Gasteiger partial charge in [-0.3, -0.25) is 9.69 Å². The summed E-state index contributed by atoms with van der Waals surface area (Å²) in [5.41, 5.74) is 3.92. The predicted molar refractivity (Wildman–Crippen MR) is 150 cm³/mol. The van der Waals surface area contributed by atoms with Gasteiger partial charge in [-0.15, -0.1) is 0 Å². The molecule has 1 aromatic carbocycles. The van der Waals surface area contributed by atoms with Crippen molar-refractivity contribution in [2.75, 3.05) is 38.7 Å². The average Bonchev–Trinajstić information content (AvgIpc) is 3.40. The van der Waals surface area contributed by atoms with E-state index in [1.54, 1.807) is 7.11 Å². The average molecular weight is 556 g/mol. The number of rotatable bonds is 11. The van der Waals surface area contributed by atoms with Crippen LogP contribution in [0.5, 0.6) is 0 Å². The maximum atomic E-state index is 14.7. The van der Waals surface area contributed by atoms with E-state index in [1.807, 2.05) is 18.7 Å². The molecule has 5 rings (SSSR count). The predicted octanol–water partition coefficient (Wildman–Crippen LogP) is 4.68. The number of unbranched alkanes of at least 4 members (excludes halogenated alkanes) is 1. The molecule has 8 nitrogen and oxygen atoms in total. The van der Waals surface area contributed by atoms with Gasteiger partial charge in [0, 0.05) is 45.5 Å². The highest BCUT2D eigenvalue weighted by atomic mass is 19.1. The normalized spacial score (nSPS) is 21.9. The lowest BCUT2D eigenvalue weighted by atomic mass is 9.85. The minimum absolute atomic E-state index is 0.0409. The van der Waals surface area contributed by atoms with Crippen LogP contribution in [0, 0.1) is 5.82 Å². The molecule has 1 fully saturated rings. The number of ether oxygens (including phenoxy) is 3. The number of hydrogen-bond donors (Lipinski definition) is 2. The van der Waals surface area contributed by atoms with Gasteiger partial charge >= 0.3 is 5.97 Å². The second-order valence-corrected chi connectivity index (χ2v) is 11.8. The molecule has 0 amide bonds. The van der Waals surface area contributed by atoms with Crippen LogP contribution in [-0.4, -0.2) is 72.1 Å². The molecule has 0 bridgehead atoms. The second kappa shape index (κ2) is 12.5. The van der Waals surface area contributed by atoms with Crippen LogP contribution >= 0.6 is 0 Å². The van der Waals surface area contributed by atoms with Crippen LogP contribution in [0.3, 0.4) is 0 Å². The summed E-state index contributed by atoms with van der Waals surface area (Å²) in [7, 11) is 1.64. The van der Waals surface area contributed by atoms with Crippen molar-refractivity contribution >= 4 is 11.8 Å². The van der Waals surface area contributed by atoms with Crippen LogP contribution in [0.25, 0.3) is 0 Å². The molecule has 218 valence electrons. The lowest BCUT2D eigenvalue weighted by Crippen LogP contribution is -2.44. The number of carboxylic acids is 1. The quantitative estimate of drug-likeness (QED) is 0.386. The van der Waals surface area contributed by atoms with Crippen LogP contribution in [0.4, 0.5) is 10.2 Å². The molecule has 1 saturated heterocycles. The van der Waals surface area contributed by atoms with Gasteiger partial charge in [0.05, 0.1) is 24.4 Å². The number of likely N-dealkylation sites (tertiary alicyclic amines) is 1. The van der Waals surface area contributed by atoms with Crippen molar-refractivity contribution in [2.24, 2.45) is 0 Å². The van der Waals surface area contributed by atoms with Gasteiger partial charge in [0.2, 0.25) is 0 Å². The molecule has 0 saturated carbocycles. The first kappa shape index (κ1) is 28.9. The number of hydrogen-bond acceptors (Lipinski definition) is 7. The first-order valence-electron chi connectivity index (χ1n) is 14.5. The summed E-state index contributed by atoms with van der Waals surface area (Å²) >= 11 is 0. The molecule has 4 heterocycles. The third-order valence-electron chi connectivity index (χ3n) is 8.68. The molecule has 0 radical (unpaired) electrons. The van der Waals surface area contributed by atoms with E-state index in [2.05, 4.69) is 17.4 Å². The summed E-state index contributed by atoms with van der Waals surface area (Å²) in [6, 6.07) is 6.22. The molecular weight excluding hydrogens is 513 g/mol. The van der Waals surface area contributed by atoms with E-state index in [1.165, 1.54) is 17.7 Å². The van der Waals surface area contributed by atoms with Crippen molar-refractivity contribution in [1.29, 1.82) is 0 Å². The number of fused-ring (bicyclic) bond motifs is 2. The second-order valence-electron chi connectivity index (χ2n) is 11.8. The van der Waals surface area contributed by atoms with E-state index in [9.17, 15) is 14.3 Å². The smallest absolute Gasteiger partial charge is 0.325 e. The number of anilines is 1. The van der Waals surface area contributed by atoms with E-state index in [0.717, 1.165) is 62.1 Å². The van der Waals surface area contributed by atoms with Crippen molar-refractivity contribution in [2.45, 2.75) is 89.3 Å². The molecular formula is C31H42FN3O5. The van der Waals surface area contributed by atoms with Crippen molar-refractivity contribution in [3.05, 3.63) is 58.0 Å². The summed E-state index contributed by atoms with van der Waals surface area (Å²) in [5, 5.41) is 13.7. The Morgan fingerprint density at radius 1 is 1.30 bits per heavy atom. The third kappa shape index (κ3) is 6.48. The molecule has 2 N–H and O–H groups in total. The minimum Gasteiger partial charge on any atom is -0.480 e. The minimum atomic E-state index is -0.977. The Labute approximate surface area is 236 Å². The molecule has 3 atom stereocenters.